The van der Waals surface area contributed by atoms with Crippen LogP contribution in [0.3, 0.4) is 0 Å². The number of nitrogens with zero attached hydrogens (tertiary/aromatic N) is 3. The highest BCUT2D eigenvalue weighted by Gasteiger charge is 2.43. The van der Waals surface area contributed by atoms with Crippen molar-refractivity contribution in [3.8, 4) is 0 Å². The van der Waals surface area contributed by atoms with Crippen LogP contribution in [-0.4, -0.2) is 53.9 Å². The summed E-state index contributed by atoms with van der Waals surface area (Å²) in [6.07, 6.45) is 3.75. The number of rotatable bonds is 3. The Kier molecular flexibility index (Phi) is 4.77. The first-order chi connectivity index (χ1) is 15.5. The van der Waals surface area contributed by atoms with E-state index < -0.39 is 17.5 Å². The molecule has 162 valence electrons. The van der Waals surface area contributed by atoms with E-state index in [9.17, 15) is 14.4 Å². The van der Waals surface area contributed by atoms with Gasteiger partial charge in [-0.2, -0.15) is 0 Å². The summed E-state index contributed by atoms with van der Waals surface area (Å²) < 4.78 is 0. The molecule has 0 spiro atoms. The number of anilines is 1. The third kappa shape index (κ3) is 3.33. The van der Waals surface area contributed by atoms with Gasteiger partial charge in [0.1, 0.15) is 5.54 Å². The number of aromatic nitrogens is 1. The molecule has 0 saturated carbocycles. The lowest BCUT2D eigenvalue weighted by atomic mass is 9.91. The second kappa shape index (κ2) is 7.64. The Hall–Kier alpha value is -3.94. The largest absolute Gasteiger partial charge is 0.366 e. The molecule has 1 aromatic heterocycles. The van der Waals surface area contributed by atoms with Crippen LogP contribution in [-0.2, 0) is 10.3 Å². The molecule has 3 heterocycles. The first-order valence-electron chi connectivity index (χ1n) is 10.6. The lowest BCUT2D eigenvalue weighted by molar-refractivity contribution is -0.123. The zero-order chi connectivity index (χ0) is 22.3. The van der Waals surface area contributed by atoms with Gasteiger partial charge in [0, 0.05) is 48.7 Å². The SMILES string of the molecule is C[C@]1(c2ccc(C(=O)N3CCN(c4cncc5ccccc45)CC3)cc2)NC(=O)NC1=O. The predicted octanol–water partition coefficient (Wildman–Crippen LogP) is 2.25. The van der Waals surface area contributed by atoms with Crippen molar-refractivity contribution in [3.05, 3.63) is 72.1 Å². The maximum atomic E-state index is 13.0. The van der Waals surface area contributed by atoms with Gasteiger partial charge in [0.15, 0.2) is 0 Å². The van der Waals surface area contributed by atoms with Gasteiger partial charge >= 0.3 is 6.03 Å². The number of hydrogen-bond donors (Lipinski definition) is 2. The van der Waals surface area contributed by atoms with Crippen LogP contribution in [0.1, 0.15) is 22.8 Å². The van der Waals surface area contributed by atoms with Gasteiger partial charge in [0.2, 0.25) is 0 Å². The van der Waals surface area contributed by atoms with Crippen LogP contribution in [0.4, 0.5) is 10.5 Å². The summed E-state index contributed by atoms with van der Waals surface area (Å²) in [5.74, 6) is -0.446. The molecular formula is C24H23N5O3. The van der Waals surface area contributed by atoms with E-state index in [2.05, 4.69) is 32.7 Å². The summed E-state index contributed by atoms with van der Waals surface area (Å²) in [5, 5.41) is 7.15. The number of fused-ring (bicyclic) bond motifs is 1. The lowest BCUT2D eigenvalue weighted by Crippen LogP contribution is -2.49. The van der Waals surface area contributed by atoms with Crippen molar-refractivity contribution in [2.75, 3.05) is 31.1 Å². The van der Waals surface area contributed by atoms with Crippen LogP contribution in [0, 0.1) is 0 Å². The zero-order valence-corrected chi connectivity index (χ0v) is 17.7. The van der Waals surface area contributed by atoms with E-state index in [1.54, 1.807) is 31.2 Å². The Morgan fingerprint density at radius 1 is 0.969 bits per heavy atom. The number of carbonyl (C=O) groups is 3. The highest BCUT2D eigenvalue weighted by Crippen LogP contribution is 2.27. The minimum absolute atomic E-state index is 0.0442. The molecule has 8 nitrogen and oxygen atoms in total. The van der Waals surface area contributed by atoms with Crippen LogP contribution in [0.25, 0.3) is 10.8 Å². The average molecular weight is 429 g/mol. The van der Waals surface area contributed by atoms with Gasteiger partial charge in [-0.1, -0.05) is 36.4 Å². The molecule has 8 heteroatoms. The third-order valence-corrected chi connectivity index (χ3v) is 6.31. The fourth-order valence-electron chi connectivity index (χ4n) is 4.38. The quantitative estimate of drug-likeness (QED) is 0.623. The summed E-state index contributed by atoms with van der Waals surface area (Å²) in [5.41, 5.74) is 1.15. The number of carbonyl (C=O) groups excluding carboxylic acids is 3. The third-order valence-electron chi connectivity index (χ3n) is 6.31. The van der Waals surface area contributed by atoms with Crippen molar-refractivity contribution in [2.24, 2.45) is 0 Å². The molecular weight excluding hydrogens is 406 g/mol. The Bertz CT molecular complexity index is 1210. The van der Waals surface area contributed by atoms with E-state index in [0.29, 0.717) is 24.2 Å². The number of amides is 4. The van der Waals surface area contributed by atoms with Gasteiger partial charge in [0.05, 0.1) is 11.9 Å². The number of imide groups is 1. The Morgan fingerprint density at radius 2 is 1.69 bits per heavy atom. The Balaban J connectivity index is 1.28. The van der Waals surface area contributed by atoms with Crippen molar-refractivity contribution in [3.63, 3.8) is 0 Å². The van der Waals surface area contributed by atoms with Gasteiger partial charge < -0.3 is 15.1 Å². The molecule has 0 radical (unpaired) electrons. The molecule has 2 N–H and O–H groups in total. The standard InChI is InChI=1S/C24H23N5O3/c1-24(22(31)26-23(32)27-24)18-8-6-16(7-9-18)21(30)29-12-10-28(11-13-29)20-15-25-14-17-4-2-3-5-19(17)20/h2-9,14-15H,10-13H2,1H3,(H2,26,27,31,32)/t24-/m1/s1. The van der Waals surface area contributed by atoms with Crippen LogP contribution in [0.15, 0.2) is 60.9 Å². The summed E-state index contributed by atoms with van der Waals surface area (Å²) in [6, 6.07) is 14.5. The van der Waals surface area contributed by atoms with E-state index in [4.69, 9.17) is 0 Å². The smallest absolute Gasteiger partial charge is 0.322 e. The monoisotopic (exact) mass is 429 g/mol. The molecule has 0 bridgehead atoms. The average Bonchev–Trinajstić information content (AvgIpc) is 3.10. The number of urea groups is 1. The number of hydrogen-bond acceptors (Lipinski definition) is 5. The van der Waals surface area contributed by atoms with Gasteiger partial charge in [0.25, 0.3) is 11.8 Å². The van der Waals surface area contributed by atoms with E-state index in [-0.39, 0.29) is 5.91 Å². The number of benzene rings is 2. The van der Waals surface area contributed by atoms with E-state index in [1.807, 2.05) is 29.4 Å². The Labute approximate surface area is 185 Å². The second-order valence-corrected chi connectivity index (χ2v) is 8.27. The van der Waals surface area contributed by atoms with E-state index in [0.717, 1.165) is 29.5 Å². The maximum absolute atomic E-state index is 13.0. The fourth-order valence-corrected chi connectivity index (χ4v) is 4.38. The molecule has 2 fully saturated rings. The highest BCUT2D eigenvalue weighted by molar-refractivity contribution is 6.07. The van der Waals surface area contributed by atoms with E-state index >= 15 is 0 Å². The zero-order valence-electron chi connectivity index (χ0n) is 17.7. The number of nitrogens with one attached hydrogen (secondary N) is 2. The molecule has 5 rings (SSSR count). The highest BCUT2D eigenvalue weighted by atomic mass is 16.2. The summed E-state index contributed by atoms with van der Waals surface area (Å²) in [6.45, 7) is 4.32. The van der Waals surface area contributed by atoms with Crippen molar-refractivity contribution in [1.82, 2.24) is 20.5 Å². The van der Waals surface area contributed by atoms with Gasteiger partial charge in [-0.15, -0.1) is 0 Å². The summed E-state index contributed by atoms with van der Waals surface area (Å²) >= 11 is 0. The van der Waals surface area contributed by atoms with Crippen molar-refractivity contribution in [1.29, 1.82) is 0 Å². The first kappa shape index (κ1) is 20.0. The minimum Gasteiger partial charge on any atom is -0.366 e. The van der Waals surface area contributed by atoms with Crippen LogP contribution in [0.5, 0.6) is 0 Å². The molecule has 1 atom stereocenters. The molecule has 2 aliphatic rings. The number of pyridine rings is 1. The van der Waals surface area contributed by atoms with Crippen molar-refractivity contribution < 1.29 is 14.4 Å². The van der Waals surface area contributed by atoms with Crippen LogP contribution >= 0.6 is 0 Å². The molecule has 32 heavy (non-hydrogen) atoms. The lowest BCUT2D eigenvalue weighted by Gasteiger charge is -2.36. The second-order valence-electron chi connectivity index (χ2n) is 8.27. The topological polar surface area (TPSA) is 94.6 Å². The number of piperazine rings is 1. The van der Waals surface area contributed by atoms with Gasteiger partial charge in [-0.25, -0.2) is 4.79 Å². The van der Waals surface area contributed by atoms with Crippen molar-refractivity contribution in [2.45, 2.75) is 12.5 Å². The molecule has 0 unspecified atom stereocenters. The van der Waals surface area contributed by atoms with Gasteiger partial charge in [-0.05, 0) is 24.6 Å². The summed E-state index contributed by atoms with van der Waals surface area (Å²) in [4.78, 5) is 45.1. The Morgan fingerprint density at radius 3 is 2.38 bits per heavy atom. The molecule has 0 aliphatic carbocycles. The van der Waals surface area contributed by atoms with Crippen LogP contribution in [0.2, 0.25) is 0 Å². The first-order valence-corrected chi connectivity index (χ1v) is 10.6. The normalized spacial score (nSPS) is 20.9. The van der Waals surface area contributed by atoms with E-state index in [1.165, 1.54) is 0 Å². The fraction of sp³-hybridized carbons (Fsp3) is 0.250. The molecule has 2 aliphatic heterocycles. The minimum atomic E-state index is -1.13. The maximum Gasteiger partial charge on any atom is 0.322 e. The van der Waals surface area contributed by atoms with Crippen molar-refractivity contribution >= 4 is 34.3 Å². The molecule has 2 aromatic carbocycles. The molecule has 2 saturated heterocycles. The summed E-state index contributed by atoms with van der Waals surface area (Å²) in [7, 11) is 0. The van der Waals surface area contributed by atoms with Crippen LogP contribution < -0.4 is 15.5 Å². The van der Waals surface area contributed by atoms with Gasteiger partial charge in [-0.3, -0.25) is 19.9 Å². The predicted molar refractivity (Wildman–Crippen MR) is 120 cm³/mol. The molecule has 3 aromatic rings. The molecule has 4 amide bonds.